The van der Waals surface area contributed by atoms with E-state index in [0.29, 0.717) is 27.2 Å². The molecule has 0 aromatic heterocycles. The summed E-state index contributed by atoms with van der Waals surface area (Å²) in [5, 5.41) is 6.47. The maximum absolute atomic E-state index is 12.4. The number of halogens is 2. The van der Waals surface area contributed by atoms with Crippen LogP contribution in [0.15, 0.2) is 71.6 Å². The van der Waals surface area contributed by atoms with Crippen molar-refractivity contribution in [3.8, 4) is 0 Å². The van der Waals surface area contributed by atoms with E-state index < -0.39 is 0 Å². The third kappa shape index (κ3) is 6.76. The molecule has 0 saturated heterocycles. The van der Waals surface area contributed by atoms with E-state index in [-0.39, 0.29) is 17.6 Å². The fourth-order valence-corrected chi connectivity index (χ4v) is 4.00. The van der Waals surface area contributed by atoms with Gasteiger partial charge in [-0.25, -0.2) is 0 Å². The lowest BCUT2D eigenvalue weighted by Gasteiger charge is -2.09. The van der Waals surface area contributed by atoms with Gasteiger partial charge in [0.1, 0.15) is 0 Å². The van der Waals surface area contributed by atoms with Crippen molar-refractivity contribution < 1.29 is 9.59 Å². The lowest BCUT2D eigenvalue weighted by molar-refractivity contribution is -0.113. The summed E-state index contributed by atoms with van der Waals surface area (Å²) in [6.45, 7) is 4.27. The molecule has 0 aliphatic rings. The predicted molar refractivity (Wildman–Crippen MR) is 131 cm³/mol. The highest BCUT2D eigenvalue weighted by molar-refractivity contribution is 8.00. The summed E-state index contributed by atoms with van der Waals surface area (Å²) in [7, 11) is 0. The fourth-order valence-electron chi connectivity index (χ4n) is 2.80. The van der Waals surface area contributed by atoms with Crippen LogP contribution >= 0.6 is 35.0 Å². The lowest BCUT2D eigenvalue weighted by atomic mass is 10.0. The SMILES string of the molecule is CC(C)c1ccc(NC(=O)CSc2ccc(NC(=O)c3ccc(Cl)cc3Cl)cc2)cc1. The topological polar surface area (TPSA) is 58.2 Å². The molecule has 0 unspecified atom stereocenters. The average molecular weight is 473 g/mol. The van der Waals surface area contributed by atoms with E-state index in [1.807, 2.05) is 36.4 Å². The van der Waals surface area contributed by atoms with Crippen LogP contribution in [0.25, 0.3) is 0 Å². The molecule has 0 atom stereocenters. The molecule has 3 aromatic carbocycles. The van der Waals surface area contributed by atoms with E-state index >= 15 is 0 Å². The Labute approximate surface area is 196 Å². The van der Waals surface area contributed by atoms with Gasteiger partial charge in [0.15, 0.2) is 0 Å². The van der Waals surface area contributed by atoms with Crippen LogP contribution in [0.4, 0.5) is 11.4 Å². The minimum Gasteiger partial charge on any atom is -0.325 e. The zero-order valence-electron chi connectivity index (χ0n) is 17.1. The molecule has 160 valence electrons. The van der Waals surface area contributed by atoms with Crippen LogP contribution in [0.5, 0.6) is 0 Å². The monoisotopic (exact) mass is 472 g/mol. The van der Waals surface area contributed by atoms with Crippen LogP contribution in [0.3, 0.4) is 0 Å². The molecule has 0 spiro atoms. The average Bonchev–Trinajstić information content (AvgIpc) is 2.73. The first kappa shape index (κ1) is 23.2. The summed E-state index contributed by atoms with van der Waals surface area (Å²) in [5.41, 5.74) is 3.00. The van der Waals surface area contributed by atoms with Crippen molar-refractivity contribution in [3.05, 3.63) is 87.9 Å². The number of carbonyl (C=O) groups excluding carboxylic acids is 2. The maximum atomic E-state index is 12.4. The van der Waals surface area contributed by atoms with Crippen LogP contribution in [0.1, 0.15) is 35.7 Å². The molecule has 2 amide bonds. The summed E-state index contributed by atoms with van der Waals surface area (Å²) in [4.78, 5) is 25.5. The maximum Gasteiger partial charge on any atom is 0.257 e. The standard InChI is InChI=1S/C24H22Cl2N2O2S/c1-15(2)16-3-6-18(7-4-16)27-23(29)14-31-20-10-8-19(9-11-20)28-24(30)21-12-5-17(25)13-22(21)26/h3-13,15H,14H2,1-2H3,(H,27,29)(H,28,30). The Morgan fingerprint density at radius 2 is 1.48 bits per heavy atom. The fraction of sp³-hybridized carbons (Fsp3) is 0.167. The molecule has 4 nitrogen and oxygen atoms in total. The van der Waals surface area contributed by atoms with E-state index in [2.05, 4.69) is 24.5 Å². The normalized spacial score (nSPS) is 10.7. The number of hydrogen-bond donors (Lipinski definition) is 2. The van der Waals surface area contributed by atoms with Crippen molar-refractivity contribution in [3.63, 3.8) is 0 Å². The van der Waals surface area contributed by atoms with Gasteiger partial charge in [-0.2, -0.15) is 0 Å². The second-order valence-corrected chi connectivity index (χ2v) is 9.11. The molecule has 0 radical (unpaired) electrons. The first-order chi connectivity index (χ1) is 14.8. The molecule has 0 fully saturated rings. The Kier molecular flexibility index (Phi) is 8.02. The summed E-state index contributed by atoms with van der Waals surface area (Å²) in [6.07, 6.45) is 0. The van der Waals surface area contributed by atoms with Crippen LogP contribution in [0.2, 0.25) is 10.0 Å². The highest BCUT2D eigenvalue weighted by atomic mass is 35.5. The second kappa shape index (κ2) is 10.7. The van der Waals surface area contributed by atoms with Gasteiger partial charge in [0.05, 0.1) is 16.3 Å². The van der Waals surface area contributed by atoms with Crippen molar-refractivity contribution in [2.24, 2.45) is 0 Å². The van der Waals surface area contributed by atoms with Gasteiger partial charge in [-0.15, -0.1) is 11.8 Å². The minimum atomic E-state index is -0.315. The summed E-state index contributed by atoms with van der Waals surface area (Å²) in [6, 6.07) is 19.9. The molecule has 2 N–H and O–H groups in total. The second-order valence-electron chi connectivity index (χ2n) is 7.22. The van der Waals surface area contributed by atoms with Crippen molar-refractivity contribution in [2.75, 3.05) is 16.4 Å². The molecule has 3 aromatic rings. The Morgan fingerprint density at radius 1 is 0.871 bits per heavy atom. The van der Waals surface area contributed by atoms with Gasteiger partial charge in [-0.05, 0) is 66.1 Å². The van der Waals surface area contributed by atoms with Gasteiger partial charge < -0.3 is 10.6 Å². The van der Waals surface area contributed by atoms with E-state index in [1.54, 1.807) is 24.3 Å². The molecule has 0 aliphatic carbocycles. The van der Waals surface area contributed by atoms with E-state index in [0.717, 1.165) is 10.6 Å². The summed E-state index contributed by atoms with van der Waals surface area (Å²) in [5.74, 6) is 0.358. The summed E-state index contributed by atoms with van der Waals surface area (Å²) < 4.78 is 0. The Hall–Kier alpha value is -2.47. The number of rotatable bonds is 7. The van der Waals surface area contributed by atoms with Crippen LogP contribution < -0.4 is 10.6 Å². The number of hydrogen-bond acceptors (Lipinski definition) is 3. The first-order valence-corrected chi connectivity index (χ1v) is 11.4. The predicted octanol–water partition coefficient (Wildman–Crippen LogP) is 7.10. The number of carbonyl (C=O) groups is 2. The number of amides is 2. The minimum absolute atomic E-state index is 0.0722. The van der Waals surface area contributed by atoms with E-state index in [4.69, 9.17) is 23.2 Å². The van der Waals surface area contributed by atoms with Gasteiger partial charge in [-0.3, -0.25) is 9.59 Å². The van der Waals surface area contributed by atoms with Crippen molar-refractivity contribution in [1.82, 2.24) is 0 Å². The quantitative estimate of drug-likeness (QED) is 0.360. The highest BCUT2D eigenvalue weighted by Crippen LogP contribution is 2.24. The molecule has 0 saturated carbocycles. The van der Waals surface area contributed by atoms with Crippen LogP contribution in [0, 0.1) is 0 Å². The molecular formula is C24H22Cl2N2O2S. The number of anilines is 2. The van der Waals surface area contributed by atoms with Crippen LogP contribution in [-0.2, 0) is 4.79 Å². The zero-order chi connectivity index (χ0) is 22.4. The van der Waals surface area contributed by atoms with Gasteiger partial charge in [0, 0.05) is 21.3 Å². The Bertz CT molecular complexity index is 1070. The molecule has 31 heavy (non-hydrogen) atoms. The molecule has 0 aliphatic heterocycles. The van der Waals surface area contributed by atoms with Gasteiger partial charge in [-0.1, -0.05) is 49.2 Å². The van der Waals surface area contributed by atoms with E-state index in [9.17, 15) is 9.59 Å². The van der Waals surface area contributed by atoms with Crippen molar-refractivity contribution in [2.45, 2.75) is 24.7 Å². The number of thioether (sulfide) groups is 1. The largest absolute Gasteiger partial charge is 0.325 e. The molecule has 3 rings (SSSR count). The van der Waals surface area contributed by atoms with Crippen molar-refractivity contribution >= 4 is 58.2 Å². The highest BCUT2D eigenvalue weighted by Gasteiger charge is 2.11. The van der Waals surface area contributed by atoms with Gasteiger partial charge >= 0.3 is 0 Å². The van der Waals surface area contributed by atoms with E-state index in [1.165, 1.54) is 23.4 Å². The zero-order valence-corrected chi connectivity index (χ0v) is 19.4. The smallest absolute Gasteiger partial charge is 0.257 e. The molecular weight excluding hydrogens is 451 g/mol. The van der Waals surface area contributed by atoms with Crippen LogP contribution in [-0.4, -0.2) is 17.6 Å². The van der Waals surface area contributed by atoms with Crippen molar-refractivity contribution in [1.29, 1.82) is 0 Å². The molecule has 0 bridgehead atoms. The lowest BCUT2D eigenvalue weighted by Crippen LogP contribution is -2.14. The number of benzene rings is 3. The Morgan fingerprint density at radius 3 is 2.10 bits per heavy atom. The summed E-state index contributed by atoms with van der Waals surface area (Å²) >= 11 is 13.4. The number of nitrogens with one attached hydrogen (secondary N) is 2. The van der Waals surface area contributed by atoms with Gasteiger partial charge in [0.25, 0.3) is 5.91 Å². The Balaban J connectivity index is 1.50. The first-order valence-electron chi connectivity index (χ1n) is 9.71. The third-order valence-electron chi connectivity index (χ3n) is 4.52. The van der Waals surface area contributed by atoms with Gasteiger partial charge in [0.2, 0.25) is 5.91 Å². The molecule has 7 heteroatoms. The molecule has 0 heterocycles. The third-order valence-corrected chi connectivity index (χ3v) is 6.08.